The summed E-state index contributed by atoms with van der Waals surface area (Å²) in [6, 6.07) is 0. The lowest BCUT2D eigenvalue weighted by Gasteiger charge is -2.22. The molecule has 6 heteroatoms. The van der Waals surface area contributed by atoms with Gasteiger partial charge in [-0.15, -0.1) is 6.58 Å². The largest absolute Gasteiger partial charge is 0.463 e. The molecule has 1 rings (SSSR count). The van der Waals surface area contributed by atoms with E-state index in [2.05, 4.69) is 11.6 Å². The number of ether oxygens (including phenoxy) is 2. The second-order valence-electron chi connectivity index (χ2n) is 4.28. The number of carbonyl (C=O) groups excluding carboxylic acids is 2. The first-order valence-electron chi connectivity index (χ1n) is 7.11. The van der Waals surface area contributed by atoms with Crippen LogP contribution in [0.2, 0.25) is 0 Å². The van der Waals surface area contributed by atoms with Crippen LogP contribution in [-0.4, -0.2) is 49.0 Å². The molecule has 0 unspecified atom stereocenters. The number of hydrogen-bond acceptors (Lipinski definition) is 6. The minimum absolute atomic E-state index is 0.176. The van der Waals surface area contributed by atoms with Crippen molar-refractivity contribution in [1.82, 2.24) is 4.90 Å². The molecule has 0 fully saturated rings. The summed E-state index contributed by atoms with van der Waals surface area (Å²) in [6.45, 7) is 8.74. The molecule has 0 radical (unpaired) electrons. The molecule has 21 heavy (non-hydrogen) atoms. The highest BCUT2D eigenvalue weighted by molar-refractivity contribution is 6.01. The van der Waals surface area contributed by atoms with Gasteiger partial charge in [0.25, 0.3) is 0 Å². The van der Waals surface area contributed by atoms with E-state index in [1.807, 2.05) is 0 Å². The van der Waals surface area contributed by atoms with Gasteiger partial charge in [-0.05, 0) is 20.3 Å². The lowest BCUT2D eigenvalue weighted by Crippen LogP contribution is -2.32. The Kier molecular flexibility index (Phi) is 7.21. The van der Waals surface area contributed by atoms with Crippen LogP contribution < -0.4 is 0 Å². The SMILES string of the molecule is C=CCCC1=NCCN1/C(=C/C(=O)OCC)C(=O)OCC. The third-order valence-corrected chi connectivity index (χ3v) is 2.82. The summed E-state index contributed by atoms with van der Waals surface area (Å²) in [5.74, 6) is -0.340. The van der Waals surface area contributed by atoms with E-state index in [0.29, 0.717) is 19.5 Å². The van der Waals surface area contributed by atoms with Gasteiger partial charge in [0.15, 0.2) is 0 Å². The smallest absolute Gasteiger partial charge is 0.355 e. The maximum Gasteiger partial charge on any atom is 0.355 e. The van der Waals surface area contributed by atoms with Gasteiger partial charge in [0.2, 0.25) is 0 Å². The predicted molar refractivity (Wildman–Crippen MR) is 79.8 cm³/mol. The minimum atomic E-state index is -0.560. The molecular formula is C15H22N2O4. The quantitative estimate of drug-likeness (QED) is 0.387. The van der Waals surface area contributed by atoms with Crippen LogP contribution in [0.1, 0.15) is 26.7 Å². The predicted octanol–water partition coefficient (Wildman–Crippen LogP) is 1.68. The van der Waals surface area contributed by atoms with E-state index in [1.165, 1.54) is 6.08 Å². The van der Waals surface area contributed by atoms with Crippen molar-refractivity contribution in [2.24, 2.45) is 4.99 Å². The van der Waals surface area contributed by atoms with Gasteiger partial charge in [-0.25, -0.2) is 9.59 Å². The third-order valence-electron chi connectivity index (χ3n) is 2.82. The Morgan fingerprint density at radius 2 is 2.05 bits per heavy atom. The van der Waals surface area contributed by atoms with E-state index in [-0.39, 0.29) is 18.9 Å². The highest BCUT2D eigenvalue weighted by atomic mass is 16.5. The van der Waals surface area contributed by atoms with Gasteiger partial charge in [-0.3, -0.25) is 4.99 Å². The number of nitrogens with zero attached hydrogens (tertiary/aromatic N) is 2. The Hall–Kier alpha value is -2.11. The average Bonchev–Trinajstić information content (AvgIpc) is 2.91. The summed E-state index contributed by atoms with van der Waals surface area (Å²) in [5, 5.41) is 0. The van der Waals surface area contributed by atoms with Gasteiger partial charge < -0.3 is 14.4 Å². The van der Waals surface area contributed by atoms with Crippen molar-refractivity contribution in [2.45, 2.75) is 26.7 Å². The number of rotatable bonds is 8. The topological polar surface area (TPSA) is 68.2 Å². The summed E-state index contributed by atoms with van der Waals surface area (Å²) < 4.78 is 9.89. The molecule has 0 atom stereocenters. The molecule has 116 valence electrons. The Morgan fingerprint density at radius 3 is 2.67 bits per heavy atom. The van der Waals surface area contributed by atoms with Gasteiger partial charge >= 0.3 is 11.9 Å². The van der Waals surface area contributed by atoms with E-state index in [9.17, 15) is 9.59 Å². The van der Waals surface area contributed by atoms with E-state index in [1.54, 1.807) is 24.8 Å². The van der Waals surface area contributed by atoms with Gasteiger partial charge in [0.1, 0.15) is 11.5 Å². The Balaban J connectivity index is 2.95. The van der Waals surface area contributed by atoms with Crippen molar-refractivity contribution in [1.29, 1.82) is 0 Å². The molecule has 0 saturated carbocycles. The molecule has 0 amide bonds. The van der Waals surface area contributed by atoms with E-state index in [0.717, 1.165) is 12.3 Å². The number of aliphatic imine (C=N–C) groups is 1. The van der Waals surface area contributed by atoms with Crippen LogP contribution in [0.25, 0.3) is 0 Å². The van der Waals surface area contributed by atoms with Crippen LogP contribution in [0.5, 0.6) is 0 Å². The molecule has 0 saturated heterocycles. The second kappa shape index (κ2) is 8.94. The first-order valence-corrected chi connectivity index (χ1v) is 7.11. The van der Waals surface area contributed by atoms with E-state index < -0.39 is 11.9 Å². The number of allylic oxidation sites excluding steroid dienone is 1. The molecule has 1 aliphatic heterocycles. The lowest BCUT2D eigenvalue weighted by atomic mass is 10.2. The van der Waals surface area contributed by atoms with Gasteiger partial charge in [-0.2, -0.15) is 0 Å². The fourth-order valence-electron chi connectivity index (χ4n) is 1.95. The number of amidine groups is 1. The number of carbonyl (C=O) groups is 2. The first kappa shape index (κ1) is 16.9. The third kappa shape index (κ3) is 5.06. The summed E-state index contributed by atoms with van der Waals surface area (Å²) in [7, 11) is 0. The normalized spacial score (nSPS) is 14.7. The summed E-state index contributed by atoms with van der Waals surface area (Å²) >= 11 is 0. The van der Waals surface area contributed by atoms with Crippen molar-refractivity contribution < 1.29 is 19.1 Å². The molecule has 0 aliphatic carbocycles. The van der Waals surface area contributed by atoms with Crippen LogP contribution in [0.3, 0.4) is 0 Å². The molecule has 6 nitrogen and oxygen atoms in total. The molecule has 0 N–H and O–H groups in total. The monoisotopic (exact) mass is 294 g/mol. The standard InChI is InChI=1S/C15H22N2O4/c1-4-7-8-13-16-9-10-17(13)12(15(19)21-6-3)11-14(18)20-5-2/h4,11H,1,5-10H2,2-3H3/b12-11+. The summed E-state index contributed by atoms with van der Waals surface area (Å²) in [5.41, 5.74) is 0.176. The van der Waals surface area contributed by atoms with Gasteiger partial charge in [0.05, 0.1) is 25.8 Å². The maximum atomic E-state index is 12.1. The highest BCUT2D eigenvalue weighted by Gasteiger charge is 2.26. The van der Waals surface area contributed by atoms with Crippen molar-refractivity contribution in [2.75, 3.05) is 26.3 Å². The van der Waals surface area contributed by atoms with Crippen LogP contribution in [0.4, 0.5) is 0 Å². The Bertz CT molecular complexity index is 455. The fraction of sp³-hybridized carbons (Fsp3) is 0.533. The molecule has 0 aromatic carbocycles. The molecule has 0 aromatic heterocycles. The van der Waals surface area contributed by atoms with Crippen molar-refractivity contribution in [3.63, 3.8) is 0 Å². The Morgan fingerprint density at radius 1 is 1.33 bits per heavy atom. The van der Waals surface area contributed by atoms with Gasteiger partial charge in [-0.1, -0.05) is 6.08 Å². The van der Waals surface area contributed by atoms with Crippen molar-refractivity contribution >= 4 is 17.8 Å². The van der Waals surface area contributed by atoms with Crippen LogP contribution in [0, 0.1) is 0 Å². The molecule has 0 spiro atoms. The maximum absolute atomic E-state index is 12.1. The number of esters is 2. The van der Waals surface area contributed by atoms with E-state index >= 15 is 0 Å². The lowest BCUT2D eigenvalue weighted by molar-refractivity contribution is -0.142. The summed E-state index contributed by atoms with van der Waals surface area (Å²) in [4.78, 5) is 29.8. The van der Waals surface area contributed by atoms with E-state index in [4.69, 9.17) is 9.47 Å². The fourth-order valence-corrected chi connectivity index (χ4v) is 1.95. The summed E-state index contributed by atoms with van der Waals surface area (Å²) in [6.07, 6.45) is 4.39. The molecular weight excluding hydrogens is 272 g/mol. The zero-order chi connectivity index (χ0) is 15.7. The van der Waals surface area contributed by atoms with Crippen molar-refractivity contribution in [3.05, 3.63) is 24.4 Å². The first-order chi connectivity index (χ1) is 10.1. The van der Waals surface area contributed by atoms with Crippen LogP contribution in [-0.2, 0) is 19.1 Å². The molecule has 1 heterocycles. The molecule has 1 aliphatic rings. The molecule has 0 bridgehead atoms. The minimum Gasteiger partial charge on any atom is -0.463 e. The zero-order valence-electron chi connectivity index (χ0n) is 12.6. The highest BCUT2D eigenvalue weighted by Crippen LogP contribution is 2.16. The van der Waals surface area contributed by atoms with Crippen LogP contribution in [0.15, 0.2) is 29.4 Å². The Labute approximate surface area is 125 Å². The molecule has 0 aromatic rings. The van der Waals surface area contributed by atoms with Gasteiger partial charge in [0, 0.05) is 13.0 Å². The zero-order valence-corrected chi connectivity index (χ0v) is 12.6. The number of hydrogen-bond donors (Lipinski definition) is 0. The average molecular weight is 294 g/mol. The second-order valence-corrected chi connectivity index (χ2v) is 4.28. The van der Waals surface area contributed by atoms with Crippen LogP contribution >= 0.6 is 0 Å². The van der Waals surface area contributed by atoms with Crippen molar-refractivity contribution in [3.8, 4) is 0 Å².